The first-order chi connectivity index (χ1) is 14.0. The molecule has 11 heteroatoms. The fourth-order valence-corrected chi connectivity index (χ4v) is 3.67. The number of rotatable bonds is 5. The maximum atomic E-state index is 13.0. The highest BCUT2D eigenvalue weighted by Crippen LogP contribution is 2.33. The molecule has 0 aliphatic rings. The molecule has 0 radical (unpaired) electrons. The fraction of sp³-hybridized carbons (Fsp3) is 0.368. The van der Waals surface area contributed by atoms with Crippen molar-refractivity contribution in [2.24, 2.45) is 7.05 Å². The zero-order valence-electron chi connectivity index (χ0n) is 16.6. The van der Waals surface area contributed by atoms with Crippen LogP contribution in [-0.4, -0.2) is 35.1 Å². The summed E-state index contributed by atoms with van der Waals surface area (Å²) in [5.74, 6) is 0.777. The first kappa shape index (κ1) is 21.7. The lowest BCUT2D eigenvalue weighted by atomic mass is 10.2. The summed E-state index contributed by atoms with van der Waals surface area (Å²) in [6.07, 6.45) is -2.13. The molecule has 0 unspecified atom stereocenters. The van der Waals surface area contributed by atoms with Crippen molar-refractivity contribution < 1.29 is 22.1 Å². The van der Waals surface area contributed by atoms with Gasteiger partial charge in [0.05, 0.1) is 39.1 Å². The Labute approximate surface area is 173 Å². The van der Waals surface area contributed by atoms with E-state index in [0.29, 0.717) is 10.4 Å². The third-order valence-corrected chi connectivity index (χ3v) is 5.57. The summed E-state index contributed by atoms with van der Waals surface area (Å²) < 4.78 is 58.8. The minimum atomic E-state index is -4.59. The lowest BCUT2D eigenvalue weighted by Crippen LogP contribution is -2.25. The SMILES string of the molecule is CC[S@](=O)c1cc(OC(C)(C)C#N)cnc1-c1nc2cc(C(F)(F)F)ncc2n1C. The van der Waals surface area contributed by atoms with E-state index in [1.54, 1.807) is 32.4 Å². The number of aryl methyl sites for hydroxylation is 1. The molecule has 3 heterocycles. The quantitative estimate of drug-likeness (QED) is 0.602. The van der Waals surface area contributed by atoms with Crippen LogP contribution in [0.5, 0.6) is 5.75 Å². The Morgan fingerprint density at radius 3 is 2.53 bits per heavy atom. The van der Waals surface area contributed by atoms with Crippen LogP contribution in [0.25, 0.3) is 22.6 Å². The van der Waals surface area contributed by atoms with Gasteiger partial charge in [0.15, 0.2) is 11.4 Å². The molecule has 0 aliphatic carbocycles. The summed E-state index contributed by atoms with van der Waals surface area (Å²) >= 11 is 0. The molecule has 0 saturated carbocycles. The van der Waals surface area contributed by atoms with Crippen molar-refractivity contribution in [3.8, 4) is 23.3 Å². The second kappa shape index (κ2) is 7.68. The van der Waals surface area contributed by atoms with E-state index in [1.165, 1.54) is 12.3 Å². The lowest BCUT2D eigenvalue weighted by Gasteiger charge is -2.19. The number of alkyl halides is 3. The number of pyridine rings is 2. The van der Waals surface area contributed by atoms with E-state index in [1.807, 2.05) is 6.07 Å². The Morgan fingerprint density at radius 1 is 1.23 bits per heavy atom. The highest BCUT2D eigenvalue weighted by molar-refractivity contribution is 7.85. The molecule has 7 nitrogen and oxygen atoms in total. The van der Waals surface area contributed by atoms with E-state index in [2.05, 4.69) is 15.0 Å². The molecule has 0 N–H and O–H groups in total. The van der Waals surface area contributed by atoms with Crippen LogP contribution in [0.1, 0.15) is 26.5 Å². The van der Waals surface area contributed by atoms with Gasteiger partial charge in [-0.25, -0.2) is 15.0 Å². The summed E-state index contributed by atoms with van der Waals surface area (Å²) in [5.41, 5.74) is -1.45. The average molecular weight is 437 g/mol. The molecule has 1 atom stereocenters. The highest BCUT2D eigenvalue weighted by Gasteiger charge is 2.33. The first-order valence-electron chi connectivity index (χ1n) is 8.85. The topological polar surface area (TPSA) is 93.7 Å². The van der Waals surface area contributed by atoms with Gasteiger partial charge in [0, 0.05) is 18.9 Å². The molecule has 0 bridgehead atoms. The minimum absolute atomic E-state index is 0.0933. The van der Waals surface area contributed by atoms with Gasteiger partial charge in [0.1, 0.15) is 23.2 Å². The van der Waals surface area contributed by atoms with Gasteiger partial charge in [0.25, 0.3) is 0 Å². The lowest BCUT2D eigenvalue weighted by molar-refractivity contribution is -0.141. The van der Waals surface area contributed by atoms with Gasteiger partial charge in [-0.05, 0) is 19.9 Å². The number of ether oxygens (including phenoxy) is 1. The van der Waals surface area contributed by atoms with Gasteiger partial charge in [-0.2, -0.15) is 18.4 Å². The molecule has 3 aromatic heterocycles. The van der Waals surface area contributed by atoms with Crippen molar-refractivity contribution in [2.45, 2.75) is 37.4 Å². The maximum Gasteiger partial charge on any atom is 0.433 e. The summed E-state index contributed by atoms with van der Waals surface area (Å²) in [6, 6.07) is 4.38. The predicted molar refractivity (Wildman–Crippen MR) is 104 cm³/mol. The van der Waals surface area contributed by atoms with Gasteiger partial charge < -0.3 is 9.30 Å². The van der Waals surface area contributed by atoms with Crippen LogP contribution in [0.15, 0.2) is 29.4 Å². The van der Waals surface area contributed by atoms with Gasteiger partial charge >= 0.3 is 6.18 Å². The summed E-state index contributed by atoms with van der Waals surface area (Å²) in [6.45, 7) is 4.88. The number of fused-ring (bicyclic) bond motifs is 1. The second-order valence-corrected chi connectivity index (χ2v) is 8.63. The molecule has 0 aliphatic heterocycles. The largest absolute Gasteiger partial charge is 0.471 e. The van der Waals surface area contributed by atoms with E-state index >= 15 is 0 Å². The summed E-state index contributed by atoms with van der Waals surface area (Å²) in [5, 5.41) is 9.15. The monoisotopic (exact) mass is 437 g/mol. The number of halogens is 3. The van der Waals surface area contributed by atoms with Crippen molar-refractivity contribution >= 4 is 21.8 Å². The van der Waals surface area contributed by atoms with E-state index in [-0.39, 0.29) is 28.5 Å². The van der Waals surface area contributed by atoms with E-state index in [4.69, 9.17) is 10.00 Å². The van der Waals surface area contributed by atoms with Crippen LogP contribution < -0.4 is 4.74 Å². The highest BCUT2D eigenvalue weighted by atomic mass is 32.2. The Hall–Kier alpha value is -3.00. The van der Waals surface area contributed by atoms with Crippen LogP contribution >= 0.6 is 0 Å². The molecular weight excluding hydrogens is 419 g/mol. The third kappa shape index (κ3) is 4.14. The molecule has 158 valence electrons. The third-order valence-electron chi connectivity index (χ3n) is 4.25. The van der Waals surface area contributed by atoms with Crippen molar-refractivity contribution in [2.75, 3.05) is 5.75 Å². The molecule has 0 saturated heterocycles. The molecule has 3 rings (SSSR count). The van der Waals surface area contributed by atoms with Crippen LogP contribution in [0.4, 0.5) is 13.2 Å². The summed E-state index contributed by atoms with van der Waals surface area (Å²) in [7, 11) is 0.148. The van der Waals surface area contributed by atoms with Crippen molar-refractivity contribution in [1.29, 1.82) is 5.26 Å². The van der Waals surface area contributed by atoms with Crippen molar-refractivity contribution in [1.82, 2.24) is 19.5 Å². The smallest absolute Gasteiger partial charge is 0.433 e. The number of nitrogens with zero attached hydrogens (tertiary/aromatic N) is 5. The molecule has 0 fully saturated rings. The van der Waals surface area contributed by atoms with E-state index in [9.17, 15) is 17.4 Å². The second-order valence-electron chi connectivity index (χ2n) is 6.93. The molecule has 0 aromatic carbocycles. The predicted octanol–water partition coefficient (Wildman–Crippen LogP) is 3.86. The molecule has 30 heavy (non-hydrogen) atoms. The number of hydrogen-bond donors (Lipinski definition) is 0. The van der Waals surface area contributed by atoms with E-state index in [0.717, 1.165) is 12.3 Å². The van der Waals surface area contributed by atoms with Crippen LogP contribution in [0.2, 0.25) is 0 Å². The standard InChI is InChI=1S/C19H18F3N5O2S/c1-5-30(28)14-6-11(29-18(2,3)10-23)8-25-16(14)17-26-12-7-15(19(20,21)22)24-9-13(12)27(17)4/h6-9H,5H2,1-4H3/t30-/m0/s1. The van der Waals surface area contributed by atoms with E-state index < -0.39 is 28.3 Å². The van der Waals surface area contributed by atoms with Crippen molar-refractivity contribution in [3.05, 3.63) is 30.2 Å². The van der Waals surface area contributed by atoms with Crippen LogP contribution in [-0.2, 0) is 24.0 Å². The zero-order chi connectivity index (χ0) is 22.3. The van der Waals surface area contributed by atoms with Gasteiger partial charge in [-0.15, -0.1) is 0 Å². The number of aromatic nitrogens is 4. The molecule has 3 aromatic rings. The molecule has 0 amide bonds. The molecular formula is C19H18F3N5O2S. The number of imidazole rings is 1. The Bertz CT molecular complexity index is 1180. The van der Waals surface area contributed by atoms with Gasteiger partial charge in [-0.3, -0.25) is 4.21 Å². The minimum Gasteiger partial charge on any atom is -0.471 e. The first-order valence-corrected chi connectivity index (χ1v) is 10.2. The maximum absolute atomic E-state index is 13.0. The van der Waals surface area contributed by atoms with Crippen LogP contribution in [0, 0.1) is 11.3 Å². The fourth-order valence-electron chi connectivity index (χ4n) is 2.75. The number of nitriles is 1. The average Bonchev–Trinajstić information content (AvgIpc) is 3.02. The Morgan fingerprint density at radius 2 is 1.93 bits per heavy atom. The van der Waals surface area contributed by atoms with Gasteiger partial charge in [0.2, 0.25) is 0 Å². The summed E-state index contributed by atoms with van der Waals surface area (Å²) in [4.78, 5) is 12.4. The van der Waals surface area contributed by atoms with Gasteiger partial charge in [-0.1, -0.05) is 6.92 Å². The van der Waals surface area contributed by atoms with Crippen LogP contribution in [0.3, 0.4) is 0 Å². The normalized spacial score (nSPS) is 13.3. The Balaban J connectivity index is 2.17. The van der Waals surface area contributed by atoms with Crippen molar-refractivity contribution in [3.63, 3.8) is 0 Å². The Kier molecular flexibility index (Phi) is 5.56. The molecule has 0 spiro atoms. The zero-order valence-corrected chi connectivity index (χ0v) is 17.4. The number of hydrogen-bond acceptors (Lipinski definition) is 6.